The van der Waals surface area contributed by atoms with Crippen LogP contribution in [0.25, 0.3) is 0 Å². The molecule has 8 heteroatoms. The van der Waals surface area contributed by atoms with Crippen LogP contribution in [0.4, 0.5) is 0 Å². The highest BCUT2D eigenvalue weighted by Crippen LogP contribution is 2.03. The highest BCUT2D eigenvalue weighted by Gasteiger charge is 2.11. The summed E-state index contributed by atoms with van der Waals surface area (Å²) in [6, 6.07) is 4.30. The Hall–Kier alpha value is -2.48. The first kappa shape index (κ1) is 11.0. The largest absolute Gasteiger partial charge is 0.359 e. The van der Waals surface area contributed by atoms with Crippen LogP contribution in [0.2, 0.25) is 0 Å². The second kappa shape index (κ2) is 4.58. The number of hydrazine groups is 1. The van der Waals surface area contributed by atoms with Crippen LogP contribution in [0, 0.1) is 0 Å². The van der Waals surface area contributed by atoms with Crippen molar-refractivity contribution in [1.82, 2.24) is 20.4 Å². The highest BCUT2D eigenvalue weighted by molar-refractivity contribution is 5.91. The van der Waals surface area contributed by atoms with Gasteiger partial charge in [-0.2, -0.15) is 5.10 Å². The molecule has 0 atom stereocenters. The van der Waals surface area contributed by atoms with E-state index in [1.54, 1.807) is 0 Å². The Labute approximate surface area is 95.0 Å². The minimum atomic E-state index is -0.562. The van der Waals surface area contributed by atoms with E-state index in [4.69, 9.17) is 10.4 Å². The van der Waals surface area contributed by atoms with Crippen molar-refractivity contribution >= 4 is 5.91 Å². The monoisotopic (exact) mass is 235 g/mol. The number of carbonyl (C=O) groups excluding carboxylic acids is 1. The Morgan fingerprint density at radius 1 is 1.59 bits per heavy atom. The van der Waals surface area contributed by atoms with Gasteiger partial charge >= 0.3 is 0 Å². The number of amides is 1. The average Bonchev–Trinajstić information content (AvgIpc) is 2.80. The smallest absolute Gasteiger partial charge is 0.287 e. The number of nitrogens with one attached hydrogen (secondary N) is 1. The van der Waals surface area contributed by atoms with Crippen molar-refractivity contribution in [3.63, 3.8) is 0 Å². The van der Waals surface area contributed by atoms with E-state index in [0.29, 0.717) is 5.76 Å². The number of hydrogen-bond donors (Lipinski definition) is 2. The predicted octanol–water partition coefficient (Wildman–Crippen LogP) is -1.12. The van der Waals surface area contributed by atoms with Gasteiger partial charge < -0.3 is 4.52 Å². The van der Waals surface area contributed by atoms with Crippen molar-refractivity contribution in [2.24, 2.45) is 5.84 Å². The molecule has 2 heterocycles. The average molecular weight is 235 g/mol. The zero-order chi connectivity index (χ0) is 12.3. The highest BCUT2D eigenvalue weighted by atomic mass is 16.5. The van der Waals surface area contributed by atoms with Gasteiger partial charge in [0.1, 0.15) is 6.54 Å². The fourth-order valence-corrected chi connectivity index (χ4v) is 1.22. The lowest BCUT2D eigenvalue weighted by atomic mass is 10.3. The van der Waals surface area contributed by atoms with E-state index < -0.39 is 5.91 Å². The molecule has 17 heavy (non-hydrogen) atoms. The molecular formula is C9H9N5O3. The summed E-state index contributed by atoms with van der Waals surface area (Å²) in [5, 5.41) is 7.34. The van der Waals surface area contributed by atoms with Crippen molar-refractivity contribution < 1.29 is 9.32 Å². The molecule has 0 saturated carbocycles. The molecule has 1 amide bonds. The van der Waals surface area contributed by atoms with Gasteiger partial charge in [0.2, 0.25) is 0 Å². The molecule has 0 aromatic carbocycles. The molecule has 0 spiro atoms. The molecule has 3 N–H and O–H groups in total. The van der Waals surface area contributed by atoms with E-state index in [1.165, 1.54) is 29.1 Å². The summed E-state index contributed by atoms with van der Waals surface area (Å²) in [5.74, 6) is 4.72. The Bertz CT molecular complexity index is 588. The zero-order valence-electron chi connectivity index (χ0n) is 8.66. The number of hydrogen-bond acceptors (Lipinski definition) is 6. The second-order valence-electron chi connectivity index (χ2n) is 3.17. The molecule has 88 valence electrons. The molecule has 2 rings (SSSR count). The molecule has 0 unspecified atom stereocenters. The van der Waals surface area contributed by atoms with Gasteiger partial charge in [0.25, 0.3) is 11.5 Å². The first-order valence-corrected chi connectivity index (χ1v) is 4.69. The maximum Gasteiger partial charge on any atom is 0.287 e. The Morgan fingerprint density at radius 3 is 3.12 bits per heavy atom. The van der Waals surface area contributed by atoms with Crippen LogP contribution in [-0.4, -0.2) is 20.8 Å². The summed E-state index contributed by atoms with van der Waals surface area (Å²) in [6.45, 7) is 0.102. The van der Waals surface area contributed by atoms with Crippen LogP contribution in [0.3, 0.4) is 0 Å². The fraction of sp³-hybridized carbons (Fsp3) is 0.111. The number of nitrogen functional groups attached to an aromatic ring is 1. The quantitative estimate of drug-likeness (QED) is 0.395. The maximum atomic E-state index is 11.4. The van der Waals surface area contributed by atoms with Crippen LogP contribution in [-0.2, 0) is 6.54 Å². The van der Waals surface area contributed by atoms with Gasteiger partial charge in [-0.25, -0.2) is 10.5 Å². The van der Waals surface area contributed by atoms with E-state index in [-0.39, 0.29) is 17.8 Å². The topological polar surface area (TPSA) is 116 Å². The minimum Gasteiger partial charge on any atom is -0.359 e. The van der Waals surface area contributed by atoms with Crippen molar-refractivity contribution in [3.8, 4) is 0 Å². The van der Waals surface area contributed by atoms with Gasteiger partial charge in [0.15, 0.2) is 11.5 Å². The molecule has 0 aliphatic heterocycles. The lowest BCUT2D eigenvalue weighted by Gasteiger charge is -1.98. The van der Waals surface area contributed by atoms with E-state index >= 15 is 0 Å². The van der Waals surface area contributed by atoms with Gasteiger partial charge in [-0.15, -0.1) is 0 Å². The number of carbonyl (C=O) groups is 1. The van der Waals surface area contributed by atoms with E-state index in [0.717, 1.165) is 0 Å². The minimum absolute atomic E-state index is 0.0477. The Morgan fingerprint density at radius 2 is 2.41 bits per heavy atom. The number of nitrogens with two attached hydrogens (primary N) is 1. The third-order valence-electron chi connectivity index (χ3n) is 2.01. The summed E-state index contributed by atoms with van der Waals surface area (Å²) in [4.78, 5) is 22.5. The number of nitrogens with zero attached hydrogens (tertiary/aromatic N) is 3. The molecule has 2 aromatic heterocycles. The third kappa shape index (κ3) is 2.37. The Balaban J connectivity index is 2.20. The number of aromatic nitrogens is 3. The summed E-state index contributed by atoms with van der Waals surface area (Å²) >= 11 is 0. The standard InChI is InChI=1S/C9H9N5O3/c10-12-9(16)7-4-6(17-13-7)5-14-8(15)2-1-3-11-14/h1-4H,5,10H2,(H,12,16). The molecule has 2 aromatic rings. The van der Waals surface area contributed by atoms with Gasteiger partial charge in [-0.1, -0.05) is 5.16 Å². The van der Waals surface area contributed by atoms with Crippen LogP contribution >= 0.6 is 0 Å². The summed E-state index contributed by atoms with van der Waals surface area (Å²) in [5.41, 5.74) is 1.70. The fourth-order valence-electron chi connectivity index (χ4n) is 1.22. The molecule has 0 fully saturated rings. The first-order valence-electron chi connectivity index (χ1n) is 4.69. The molecule has 8 nitrogen and oxygen atoms in total. The predicted molar refractivity (Wildman–Crippen MR) is 55.8 cm³/mol. The van der Waals surface area contributed by atoms with E-state index in [9.17, 15) is 9.59 Å². The van der Waals surface area contributed by atoms with Gasteiger partial charge in [0, 0.05) is 18.3 Å². The van der Waals surface area contributed by atoms with Gasteiger partial charge in [-0.3, -0.25) is 15.0 Å². The molecule has 0 radical (unpaired) electrons. The summed E-state index contributed by atoms with van der Waals surface area (Å²) < 4.78 is 6.07. The molecule has 0 bridgehead atoms. The van der Waals surface area contributed by atoms with Gasteiger partial charge in [-0.05, 0) is 6.07 Å². The van der Waals surface area contributed by atoms with Crippen LogP contribution in [0.15, 0.2) is 33.7 Å². The van der Waals surface area contributed by atoms with E-state index in [1.807, 2.05) is 5.43 Å². The van der Waals surface area contributed by atoms with Crippen LogP contribution < -0.4 is 16.8 Å². The lowest BCUT2D eigenvalue weighted by molar-refractivity contribution is 0.0944. The number of rotatable bonds is 3. The normalized spacial score (nSPS) is 10.2. The third-order valence-corrected chi connectivity index (χ3v) is 2.01. The van der Waals surface area contributed by atoms with Crippen molar-refractivity contribution in [2.75, 3.05) is 0 Å². The van der Waals surface area contributed by atoms with Crippen molar-refractivity contribution in [2.45, 2.75) is 6.54 Å². The van der Waals surface area contributed by atoms with Crippen LogP contribution in [0.1, 0.15) is 16.2 Å². The molecule has 0 aliphatic rings. The molecule has 0 aliphatic carbocycles. The second-order valence-corrected chi connectivity index (χ2v) is 3.17. The lowest BCUT2D eigenvalue weighted by Crippen LogP contribution is -2.30. The van der Waals surface area contributed by atoms with Gasteiger partial charge in [0.05, 0.1) is 0 Å². The zero-order valence-corrected chi connectivity index (χ0v) is 8.66. The summed E-state index contributed by atoms with van der Waals surface area (Å²) in [7, 11) is 0. The molecular weight excluding hydrogens is 226 g/mol. The van der Waals surface area contributed by atoms with Crippen LogP contribution in [0.5, 0.6) is 0 Å². The SMILES string of the molecule is NNC(=O)c1cc(Cn2ncccc2=O)on1. The Kier molecular flexibility index (Phi) is 2.97. The van der Waals surface area contributed by atoms with Crippen molar-refractivity contribution in [3.05, 3.63) is 46.2 Å². The van der Waals surface area contributed by atoms with Crippen molar-refractivity contribution in [1.29, 1.82) is 0 Å². The first-order chi connectivity index (χ1) is 8.20. The van der Waals surface area contributed by atoms with E-state index in [2.05, 4.69) is 10.3 Å². The maximum absolute atomic E-state index is 11.4. The molecule has 0 saturated heterocycles. The summed E-state index contributed by atoms with van der Waals surface area (Å²) in [6.07, 6.45) is 1.48.